The van der Waals surface area contributed by atoms with E-state index < -0.39 is 0 Å². The number of nitrogens with one attached hydrogen (secondary N) is 2. The number of para-hydroxylation sites is 3. The summed E-state index contributed by atoms with van der Waals surface area (Å²) in [7, 11) is 0. The summed E-state index contributed by atoms with van der Waals surface area (Å²) in [6, 6.07) is 28.3. The lowest BCUT2D eigenvalue weighted by molar-refractivity contribution is -0.121. The van der Waals surface area contributed by atoms with Crippen LogP contribution in [0, 0.1) is 0 Å². The van der Waals surface area contributed by atoms with Gasteiger partial charge in [0.05, 0.1) is 17.6 Å². The molecule has 2 aromatic heterocycles. The Labute approximate surface area is 168 Å². The predicted octanol–water partition coefficient (Wildman–Crippen LogP) is 4.50. The smallest absolute Gasteiger partial charge is 0.240 e. The van der Waals surface area contributed by atoms with Crippen molar-refractivity contribution in [1.29, 1.82) is 0 Å². The van der Waals surface area contributed by atoms with Gasteiger partial charge in [0.2, 0.25) is 5.91 Å². The van der Waals surface area contributed by atoms with E-state index in [4.69, 9.17) is 0 Å². The first-order valence-corrected chi connectivity index (χ1v) is 9.62. The van der Waals surface area contributed by atoms with Crippen molar-refractivity contribution in [3.63, 3.8) is 0 Å². The summed E-state index contributed by atoms with van der Waals surface area (Å²) >= 11 is 0. The molecule has 5 aromatic rings. The summed E-state index contributed by atoms with van der Waals surface area (Å²) in [5, 5.41) is 4.11. The van der Waals surface area contributed by atoms with E-state index in [0.29, 0.717) is 6.54 Å². The molecule has 2 heterocycles. The number of rotatable bonds is 5. The monoisotopic (exact) mass is 380 g/mol. The lowest BCUT2D eigenvalue weighted by Crippen LogP contribution is -2.27. The van der Waals surface area contributed by atoms with Gasteiger partial charge in [0.15, 0.2) is 0 Å². The average molecular weight is 380 g/mol. The van der Waals surface area contributed by atoms with Gasteiger partial charge >= 0.3 is 0 Å². The maximum absolute atomic E-state index is 12.8. The van der Waals surface area contributed by atoms with Crippen LogP contribution in [0.25, 0.3) is 33.2 Å². The molecule has 5 nitrogen and oxygen atoms in total. The lowest BCUT2D eigenvalue weighted by atomic mass is 10.1. The first kappa shape index (κ1) is 17.3. The van der Waals surface area contributed by atoms with E-state index in [0.717, 1.165) is 39.0 Å². The zero-order chi connectivity index (χ0) is 19.6. The van der Waals surface area contributed by atoms with Crippen LogP contribution in [0.5, 0.6) is 0 Å². The second kappa shape index (κ2) is 7.28. The normalized spacial score (nSPS) is 11.2. The van der Waals surface area contributed by atoms with E-state index in [1.807, 2.05) is 60.7 Å². The van der Waals surface area contributed by atoms with Crippen molar-refractivity contribution < 1.29 is 4.79 Å². The highest BCUT2D eigenvalue weighted by molar-refractivity contribution is 5.89. The van der Waals surface area contributed by atoms with Gasteiger partial charge in [-0.3, -0.25) is 4.79 Å². The number of benzene rings is 3. The number of H-pyrrole nitrogens is 1. The highest BCUT2D eigenvalue weighted by Gasteiger charge is 2.13. The molecular formula is C24H20N4O. The minimum absolute atomic E-state index is 0.0519. The number of carbonyl (C=O) groups is 1. The molecule has 0 aliphatic carbocycles. The molecular weight excluding hydrogens is 360 g/mol. The van der Waals surface area contributed by atoms with Gasteiger partial charge in [-0.05, 0) is 29.8 Å². The SMILES string of the molecule is O=C(Cn1c(-c2ccccc2)cc2ccccc21)NCc1nc2ccccc2[nH]1. The molecule has 0 atom stereocenters. The molecule has 0 unspecified atom stereocenters. The van der Waals surface area contributed by atoms with E-state index in [9.17, 15) is 4.79 Å². The second-order valence-corrected chi connectivity index (χ2v) is 7.02. The molecule has 142 valence electrons. The molecule has 0 aliphatic rings. The van der Waals surface area contributed by atoms with Crippen LogP contribution in [0.15, 0.2) is 84.9 Å². The molecule has 0 bridgehead atoms. The summed E-state index contributed by atoms with van der Waals surface area (Å²) < 4.78 is 2.07. The fourth-order valence-corrected chi connectivity index (χ4v) is 3.70. The van der Waals surface area contributed by atoms with Gasteiger partial charge in [-0.1, -0.05) is 60.7 Å². The molecule has 0 spiro atoms. The molecule has 0 saturated heterocycles. The molecule has 5 heteroatoms. The summed E-state index contributed by atoms with van der Waals surface area (Å²) in [6.07, 6.45) is 0. The van der Waals surface area contributed by atoms with Crippen LogP contribution >= 0.6 is 0 Å². The Kier molecular flexibility index (Phi) is 4.33. The van der Waals surface area contributed by atoms with Gasteiger partial charge in [0.25, 0.3) is 0 Å². The van der Waals surface area contributed by atoms with E-state index in [-0.39, 0.29) is 12.5 Å². The van der Waals surface area contributed by atoms with E-state index >= 15 is 0 Å². The maximum atomic E-state index is 12.8. The van der Waals surface area contributed by atoms with Gasteiger partial charge in [-0.15, -0.1) is 0 Å². The first-order valence-electron chi connectivity index (χ1n) is 9.62. The third-order valence-corrected chi connectivity index (χ3v) is 5.07. The summed E-state index contributed by atoms with van der Waals surface area (Å²) in [5.74, 6) is 0.698. The Morgan fingerprint density at radius 3 is 2.55 bits per heavy atom. The minimum atomic E-state index is -0.0519. The molecule has 1 amide bonds. The van der Waals surface area contributed by atoms with Crippen LogP contribution in [0.3, 0.4) is 0 Å². The van der Waals surface area contributed by atoms with Gasteiger partial charge < -0.3 is 14.9 Å². The lowest BCUT2D eigenvalue weighted by Gasteiger charge is -2.11. The first-order chi connectivity index (χ1) is 14.3. The highest BCUT2D eigenvalue weighted by Crippen LogP contribution is 2.28. The Morgan fingerprint density at radius 1 is 0.931 bits per heavy atom. The maximum Gasteiger partial charge on any atom is 0.240 e. The summed E-state index contributed by atoms with van der Waals surface area (Å²) in [5.41, 5.74) is 5.05. The summed E-state index contributed by atoms with van der Waals surface area (Å²) in [6.45, 7) is 0.616. The topological polar surface area (TPSA) is 62.7 Å². The Hall–Kier alpha value is -3.86. The number of imidazole rings is 1. The van der Waals surface area contributed by atoms with Crippen molar-refractivity contribution in [2.75, 3.05) is 0 Å². The van der Waals surface area contributed by atoms with Gasteiger partial charge in [-0.25, -0.2) is 4.98 Å². The Bertz CT molecular complexity index is 1270. The van der Waals surface area contributed by atoms with Crippen molar-refractivity contribution in [3.05, 3.63) is 90.8 Å². The van der Waals surface area contributed by atoms with Crippen LogP contribution in [-0.4, -0.2) is 20.4 Å². The standard InChI is InChI=1S/C24H20N4O/c29-24(25-15-23-26-19-11-5-6-12-20(19)27-23)16-28-21-13-7-4-10-18(21)14-22(28)17-8-2-1-3-9-17/h1-14H,15-16H2,(H,25,29)(H,26,27). The van der Waals surface area contributed by atoms with Crippen LogP contribution in [0.1, 0.15) is 5.82 Å². The van der Waals surface area contributed by atoms with Crippen molar-refractivity contribution in [3.8, 4) is 11.3 Å². The average Bonchev–Trinajstić information content (AvgIpc) is 3.34. The number of carbonyl (C=O) groups excluding carboxylic acids is 1. The van der Waals surface area contributed by atoms with Crippen LogP contribution in [-0.2, 0) is 17.9 Å². The highest BCUT2D eigenvalue weighted by atomic mass is 16.1. The molecule has 3 aromatic carbocycles. The van der Waals surface area contributed by atoms with Crippen molar-refractivity contribution in [2.45, 2.75) is 13.1 Å². The third kappa shape index (κ3) is 3.38. The van der Waals surface area contributed by atoms with Crippen LogP contribution in [0.4, 0.5) is 0 Å². The summed E-state index contributed by atoms with van der Waals surface area (Å²) in [4.78, 5) is 20.5. The van der Waals surface area contributed by atoms with Crippen molar-refractivity contribution >= 4 is 27.8 Å². The fraction of sp³-hybridized carbons (Fsp3) is 0.0833. The van der Waals surface area contributed by atoms with E-state index in [1.54, 1.807) is 0 Å². The number of hydrogen-bond donors (Lipinski definition) is 2. The van der Waals surface area contributed by atoms with Gasteiger partial charge in [0.1, 0.15) is 12.4 Å². The molecule has 0 fully saturated rings. The van der Waals surface area contributed by atoms with Crippen molar-refractivity contribution in [2.24, 2.45) is 0 Å². The zero-order valence-corrected chi connectivity index (χ0v) is 15.8. The molecule has 0 aliphatic heterocycles. The fourth-order valence-electron chi connectivity index (χ4n) is 3.70. The molecule has 5 rings (SSSR count). The molecule has 2 N–H and O–H groups in total. The number of fused-ring (bicyclic) bond motifs is 2. The number of amides is 1. The zero-order valence-electron chi connectivity index (χ0n) is 15.8. The number of hydrogen-bond acceptors (Lipinski definition) is 2. The van der Waals surface area contributed by atoms with Crippen LogP contribution in [0.2, 0.25) is 0 Å². The molecule has 0 saturated carbocycles. The van der Waals surface area contributed by atoms with Crippen LogP contribution < -0.4 is 5.32 Å². The predicted molar refractivity (Wildman–Crippen MR) is 115 cm³/mol. The number of nitrogens with zero attached hydrogens (tertiary/aromatic N) is 2. The van der Waals surface area contributed by atoms with E-state index in [2.05, 4.69) is 44.1 Å². The Morgan fingerprint density at radius 2 is 1.69 bits per heavy atom. The largest absolute Gasteiger partial charge is 0.347 e. The molecule has 29 heavy (non-hydrogen) atoms. The van der Waals surface area contributed by atoms with Gasteiger partial charge in [0, 0.05) is 16.6 Å². The molecule has 0 radical (unpaired) electrons. The van der Waals surface area contributed by atoms with E-state index in [1.165, 1.54) is 0 Å². The number of aromatic nitrogens is 3. The quantitative estimate of drug-likeness (QED) is 0.471. The van der Waals surface area contributed by atoms with Gasteiger partial charge in [-0.2, -0.15) is 0 Å². The third-order valence-electron chi connectivity index (χ3n) is 5.07. The second-order valence-electron chi connectivity index (χ2n) is 7.02. The Balaban J connectivity index is 1.39. The minimum Gasteiger partial charge on any atom is -0.347 e. The number of aromatic amines is 1. The van der Waals surface area contributed by atoms with Crippen molar-refractivity contribution in [1.82, 2.24) is 19.9 Å².